The number of amides is 1. The molecule has 1 aromatic heterocycles. The molecule has 2 aromatic carbocycles. The molecular weight excluding hydrogens is 334 g/mol. The van der Waals surface area contributed by atoms with Gasteiger partial charge in [-0.2, -0.15) is 0 Å². The molecule has 0 fully saturated rings. The first-order valence-corrected chi connectivity index (χ1v) is 8.01. The molecule has 3 N–H and O–H groups in total. The van der Waals surface area contributed by atoms with Gasteiger partial charge in [0, 0.05) is 30.1 Å². The zero-order valence-electron chi connectivity index (χ0n) is 13.8. The van der Waals surface area contributed by atoms with Gasteiger partial charge in [0.25, 0.3) is 5.91 Å². The maximum atomic E-state index is 12.5. The fraction of sp³-hybridized carbons (Fsp3) is 0.105. The van der Waals surface area contributed by atoms with Gasteiger partial charge in [-0.25, -0.2) is 4.79 Å². The monoisotopic (exact) mass is 351 g/mol. The Labute approximate surface area is 148 Å². The summed E-state index contributed by atoms with van der Waals surface area (Å²) in [5.74, 6) is -1.18. The minimum absolute atomic E-state index is 0.0326. The molecule has 0 saturated carbocycles. The van der Waals surface area contributed by atoms with Crippen LogP contribution < -0.4 is 11.0 Å². The van der Waals surface area contributed by atoms with Crippen molar-refractivity contribution in [1.29, 1.82) is 0 Å². The lowest BCUT2D eigenvalue weighted by Gasteiger charge is -2.08. The lowest BCUT2D eigenvalue weighted by Crippen LogP contribution is -2.16. The van der Waals surface area contributed by atoms with Gasteiger partial charge in [0.05, 0.1) is 5.69 Å². The number of nitrogens with one attached hydrogen (secondary N) is 2. The molecule has 3 aromatic rings. The van der Waals surface area contributed by atoms with E-state index >= 15 is 0 Å². The van der Waals surface area contributed by atoms with E-state index in [0.29, 0.717) is 23.4 Å². The first kappa shape index (κ1) is 17.2. The fourth-order valence-electron chi connectivity index (χ4n) is 2.58. The summed E-state index contributed by atoms with van der Waals surface area (Å²) >= 11 is 0. The largest absolute Gasteiger partial charge is 0.481 e. The second-order valence-electron chi connectivity index (χ2n) is 5.73. The second-order valence-corrected chi connectivity index (χ2v) is 5.73. The number of imidazole rings is 1. The fourth-order valence-corrected chi connectivity index (χ4v) is 2.58. The van der Waals surface area contributed by atoms with Crippen LogP contribution in [0.3, 0.4) is 0 Å². The Kier molecular flexibility index (Phi) is 4.98. The van der Waals surface area contributed by atoms with Gasteiger partial charge in [0.1, 0.15) is 0 Å². The van der Waals surface area contributed by atoms with E-state index in [4.69, 9.17) is 5.11 Å². The zero-order chi connectivity index (χ0) is 18.5. The molecule has 0 aliphatic rings. The first-order valence-electron chi connectivity index (χ1n) is 8.01. The summed E-state index contributed by atoms with van der Waals surface area (Å²) in [7, 11) is 0. The van der Waals surface area contributed by atoms with Crippen LogP contribution in [0.1, 0.15) is 22.3 Å². The van der Waals surface area contributed by atoms with Gasteiger partial charge in [-0.15, -0.1) is 0 Å². The first-order chi connectivity index (χ1) is 12.5. The van der Waals surface area contributed by atoms with Gasteiger partial charge >= 0.3 is 11.7 Å². The number of rotatable bonds is 6. The Hall–Kier alpha value is -3.61. The number of carboxylic acid groups (broad SMARTS) is 1. The van der Waals surface area contributed by atoms with Gasteiger partial charge in [0.2, 0.25) is 0 Å². The van der Waals surface area contributed by atoms with Crippen molar-refractivity contribution in [3.63, 3.8) is 0 Å². The molecule has 1 heterocycles. The maximum absolute atomic E-state index is 12.5. The topological polar surface area (TPSA) is 104 Å². The van der Waals surface area contributed by atoms with E-state index in [9.17, 15) is 14.4 Å². The van der Waals surface area contributed by atoms with E-state index < -0.39 is 5.97 Å². The molecule has 0 bridgehead atoms. The number of hydrogen-bond acceptors (Lipinski definition) is 3. The molecule has 0 radical (unpaired) electrons. The van der Waals surface area contributed by atoms with Crippen LogP contribution in [0.15, 0.2) is 65.7 Å². The number of benzene rings is 2. The summed E-state index contributed by atoms with van der Waals surface area (Å²) in [4.78, 5) is 37.4. The highest BCUT2D eigenvalue weighted by molar-refractivity contribution is 6.04. The number of carbonyl (C=O) groups is 2. The molecule has 7 heteroatoms. The molecule has 0 atom stereocenters. The van der Waals surface area contributed by atoms with Crippen LogP contribution in [0, 0.1) is 0 Å². The highest BCUT2D eigenvalue weighted by atomic mass is 16.4. The van der Waals surface area contributed by atoms with Crippen molar-refractivity contribution in [3.8, 4) is 5.69 Å². The summed E-state index contributed by atoms with van der Waals surface area (Å²) in [6.45, 7) is 0. The van der Waals surface area contributed by atoms with Crippen LogP contribution in [0.4, 0.5) is 5.69 Å². The summed E-state index contributed by atoms with van der Waals surface area (Å²) in [5, 5.41) is 11.6. The lowest BCUT2D eigenvalue weighted by molar-refractivity contribution is -0.136. The zero-order valence-corrected chi connectivity index (χ0v) is 13.8. The van der Waals surface area contributed by atoms with Crippen LogP contribution in [0.2, 0.25) is 0 Å². The number of H-pyrrole nitrogens is 1. The van der Waals surface area contributed by atoms with Gasteiger partial charge in [0.15, 0.2) is 0 Å². The number of aromatic amines is 1. The molecule has 0 unspecified atom stereocenters. The Morgan fingerprint density at radius 2 is 1.92 bits per heavy atom. The third-order valence-electron chi connectivity index (χ3n) is 3.85. The van der Waals surface area contributed by atoms with Crippen molar-refractivity contribution in [3.05, 3.63) is 82.5 Å². The summed E-state index contributed by atoms with van der Waals surface area (Å²) in [5.41, 5.74) is 2.12. The summed E-state index contributed by atoms with van der Waals surface area (Å²) < 4.78 is 1.41. The number of hydrogen-bond donors (Lipinski definition) is 3. The predicted molar refractivity (Wildman–Crippen MR) is 96.7 cm³/mol. The Bertz CT molecular complexity index is 1000. The number of carbonyl (C=O) groups excluding carboxylic acids is 1. The van der Waals surface area contributed by atoms with Crippen LogP contribution in [0.25, 0.3) is 5.69 Å². The van der Waals surface area contributed by atoms with E-state index in [0.717, 1.165) is 5.56 Å². The summed E-state index contributed by atoms with van der Waals surface area (Å²) in [6.07, 6.45) is 3.54. The SMILES string of the molecule is O=C(O)CCc1cccc(NC(=O)c2cccc(-n3cc[nH]c3=O)c2)c1. The highest BCUT2D eigenvalue weighted by Gasteiger charge is 2.09. The second kappa shape index (κ2) is 7.52. The molecule has 3 rings (SSSR count). The van der Waals surface area contributed by atoms with Gasteiger partial charge in [-0.05, 0) is 42.3 Å². The smallest absolute Gasteiger partial charge is 0.330 e. The molecule has 26 heavy (non-hydrogen) atoms. The average Bonchev–Trinajstić information content (AvgIpc) is 3.06. The van der Waals surface area contributed by atoms with Crippen LogP contribution in [-0.4, -0.2) is 26.5 Å². The van der Waals surface area contributed by atoms with Gasteiger partial charge < -0.3 is 15.4 Å². The van der Waals surface area contributed by atoms with E-state index in [2.05, 4.69) is 10.3 Å². The number of aromatic nitrogens is 2. The Balaban J connectivity index is 1.76. The molecule has 132 valence electrons. The van der Waals surface area contributed by atoms with Crippen LogP contribution >= 0.6 is 0 Å². The van der Waals surface area contributed by atoms with Crippen molar-refractivity contribution in [2.75, 3.05) is 5.32 Å². The van der Waals surface area contributed by atoms with E-state index in [1.807, 2.05) is 6.07 Å². The van der Waals surface area contributed by atoms with E-state index in [-0.39, 0.29) is 18.0 Å². The molecular formula is C19H17N3O4. The number of anilines is 1. The van der Waals surface area contributed by atoms with Crippen molar-refractivity contribution in [1.82, 2.24) is 9.55 Å². The molecule has 0 aliphatic heterocycles. The van der Waals surface area contributed by atoms with Gasteiger partial charge in [-0.3, -0.25) is 14.2 Å². The summed E-state index contributed by atoms with van der Waals surface area (Å²) in [6, 6.07) is 13.8. The third-order valence-corrected chi connectivity index (χ3v) is 3.85. The quantitative estimate of drug-likeness (QED) is 0.634. The Morgan fingerprint density at radius 1 is 1.12 bits per heavy atom. The van der Waals surface area contributed by atoms with Crippen molar-refractivity contribution >= 4 is 17.6 Å². The molecule has 0 aliphatic carbocycles. The predicted octanol–water partition coefficient (Wildman–Crippen LogP) is 2.44. The molecule has 0 saturated heterocycles. The number of nitrogens with zero attached hydrogens (tertiary/aromatic N) is 1. The molecule has 0 spiro atoms. The van der Waals surface area contributed by atoms with Crippen LogP contribution in [-0.2, 0) is 11.2 Å². The van der Waals surface area contributed by atoms with Gasteiger partial charge in [-0.1, -0.05) is 18.2 Å². The minimum atomic E-state index is -0.865. The Morgan fingerprint density at radius 3 is 2.65 bits per heavy atom. The third kappa shape index (κ3) is 4.07. The van der Waals surface area contributed by atoms with Crippen molar-refractivity contribution < 1.29 is 14.7 Å². The number of aliphatic carboxylic acids is 1. The average molecular weight is 351 g/mol. The number of aryl methyl sites for hydroxylation is 1. The van der Waals surface area contributed by atoms with E-state index in [1.165, 1.54) is 10.8 Å². The normalized spacial score (nSPS) is 10.5. The van der Waals surface area contributed by atoms with E-state index in [1.54, 1.807) is 48.7 Å². The standard InChI is InChI=1S/C19H17N3O4/c23-17(24)8-7-13-3-1-5-15(11-13)21-18(25)14-4-2-6-16(12-14)22-10-9-20-19(22)26/h1-6,9-12H,7-8H2,(H,20,26)(H,21,25)(H,23,24). The molecule has 1 amide bonds. The maximum Gasteiger partial charge on any atom is 0.330 e. The number of carboxylic acids is 1. The molecule has 7 nitrogen and oxygen atoms in total. The lowest BCUT2D eigenvalue weighted by atomic mass is 10.1. The van der Waals surface area contributed by atoms with Crippen molar-refractivity contribution in [2.24, 2.45) is 0 Å². The van der Waals surface area contributed by atoms with Crippen molar-refractivity contribution in [2.45, 2.75) is 12.8 Å². The minimum Gasteiger partial charge on any atom is -0.481 e. The highest BCUT2D eigenvalue weighted by Crippen LogP contribution is 2.15. The van der Waals surface area contributed by atoms with Crippen LogP contribution in [0.5, 0.6) is 0 Å².